The second kappa shape index (κ2) is 10.9. The van der Waals surface area contributed by atoms with Gasteiger partial charge in [0.1, 0.15) is 11.6 Å². The zero-order valence-corrected chi connectivity index (χ0v) is 18.2. The highest BCUT2D eigenvalue weighted by atomic mass is 19.4. The summed E-state index contributed by atoms with van der Waals surface area (Å²) in [7, 11) is 0. The Morgan fingerprint density at radius 1 is 0.903 bits per heavy atom. The van der Waals surface area contributed by atoms with Crippen molar-refractivity contribution in [3.05, 3.63) is 41.0 Å². The van der Waals surface area contributed by atoms with E-state index < -0.39 is 23.4 Å². The number of halogens is 5. The van der Waals surface area contributed by atoms with Gasteiger partial charge in [-0.3, -0.25) is 0 Å². The maximum absolute atomic E-state index is 14.2. The Morgan fingerprint density at radius 3 is 2.03 bits per heavy atom. The average molecular weight is 445 g/mol. The predicted octanol–water partition coefficient (Wildman–Crippen LogP) is 8.19. The van der Waals surface area contributed by atoms with Crippen LogP contribution in [0.25, 0.3) is 6.08 Å². The summed E-state index contributed by atoms with van der Waals surface area (Å²) in [5, 5.41) is 0. The van der Waals surface area contributed by atoms with E-state index in [-0.39, 0.29) is 18.1 Å². The van der Waals surface area contributed by atoms with Gasteiger partial charge in [-0.15, -0.1) is 0 Å². The number of allylic oxidation sites excluding steroid dienone is 1. The maximum atomic E-state index is 14.2. The summed E-state index contributed by atoms with van der Waals surface area (Å²) in [6.07, 6.45) is 6.80. The highest BCUT2D eigenvalue weighted by Crippen LogP contribution is 2.37. The van der Waals surface area contributed by atoms with Crippen LogP contribution in [-0.2, 0) is 4.74 Å². The van der Waals surface area contributed by atoms with E-state index in [1.807, 2.05) is 0 Å². The molecule has 31 heavy (non-hydrogen) atoms. The fraction of sp³-hybridized carbons (Fsp3) is 0.680. The van der Waals surface area contributed by atoms with Crippen LogP contribution in [0.4, 0.5) is 22.0 Å². The van der Waals surface area contributed by atoms with Crippen LogP contribution in [-0.4, -0.2) is 18.9 Å². The molecule has 0 aliphatic heterocycles. The molecule has 0 unspecified atom stereocenters. The SMILES string of the molecule is CCCC1CCC(COC2CCC(c3cc(F)c(/C=C/C(F)(F)F)c(F)c3)CC2)CC1. The first-order valence-electron chi connectivity index (χ1n) is 11.6. The van der Waals surface area contributed by atoms with Crippen molar-refractivity contribution in [1.29, 1.82) is 0 Å². The highest BCUT2D eigenvalue weighted by molar-refractivity contribution is 5.52. The minimum absolute atomic E-state index is 0.00831. The molecule has 2 fully saturated rings. The lowest BCUT2D eigenvalue weighted by molar-refractivity contribution is -0.0790. The van der Waals surface area contributed by atoms with E-state index >= 15 is 0 Å². The molecule has 1 aromatic carbocycles. The van der Waals surface area contributed by atoms with Crippen molar-refractivity contribution in [3.8, 4) is 0 Å². The smallest absolute Gasteiger partial charge is 0.378 e. The molecule has 0 N–H and O–H groups in total. The fourth-order valence-electron chi connectivity index (χ4n) is 5.11. The van der Waals surface area contributed by atoms with Crippen LogP contribution >= 0.6 is 0 Å². The number of alkyl halides is 3. The Balaban J connectivity index is 1.47. The first-order valence-corrected chi connectivity index (χ1v) is 11.6. The van der Waals surface area contributed by atoms with Crippen molar-refractivity contribution in [1.82, 2.24) is 0 Å². The van der Waals surface area contributed by atoms with E-state index in [1.165, 1.54) is 50.7 Å². The Bertz CT molecular complexity index is 703. The van der Waals surface area contributed by atoms with Crippen LogP contribution in [0.5, 0.6) is 0 Å². The number of benzene rings is 1. The van der Waals surface area contributed by atoms with Gasteiger partial charge in [0.05, 0.1) is 6.10 Å². The minimum Gasteiger partial charge on any atom is -0.378 e. The van der Waals surface area contributed by atoms with Crippen molar-refractivity contribution in [2.24, 2.45) is 11.8 Å². The molecule has 0 radical (unpaired) electrons. The first kappa shape index (κ1) is 24.2. The summed E-state index contributed by atoms with van der Waals surface area (Å²) in [6, 6.07) is 2.36. The molecule has 174 valence electrons. The summed E-state index contributed by atoms with van der Waals surface area (Å²) in [5.41, 5.74) is -0.126. The molecule has 2 saturated carbocycles. The van der Waals surface area contributed by atoms with E-state index in [1.54, 1.807) is 0 Å². The summed E-state index contributed by atoms with van der Waals surface area (Å²) in [5.74, 6) is -0.367. The standard InChI is InChI=1S/C25H33F5O/c1-2-3-17-4-6-18(7-5-17)16-31-21-10-8-19(9-11-21)20-14-23(26)22(24(27)15-20)12-13-25(28,29)30/h12-15,17-19,21H,2-11,16H2,1H3/b13-12+. The normalized spacial score (nSPS) is 27.7. The van der Waals surface area contributed by atoms with Gasteiger partial charge in [-0.1, -0.05) is 32.6 Å². The van der Waals surface area contributed by atoms with E-state index in [2.05, 4.69) is 6.92 Å². The minimum atomic E-state index is -4.61. The molecule has 0 spiro atoms. The average Bonchev–Trinajstić information content (AvgIpc) is 2.72. The van der Waals surface area contributed by atoms with Crippen LogP contribution in [0.2, 0.25) is 0 Å². The molecule has 0 atom stereocenters. The van der Waals surface area contributed by atoms with Crippen molar-refractivity contribution in [3.63, 3.8) is 0 Å². The van der Waals surface area contributed by atoms with E-state index in [0.717, 1.165) is 38.2 Å². The van der Waals surface area contributed by atoms with E-state index in [0.29, 0.717) is 17.6 Å². The van der Waals surface area contributed by atoms with Crippen LogP contribution in [0.1, 0.15) is 88.2 Å². The second-order valence-corrected chi connectivity index (χ2v) is 9.26. The van der Waals surface area contributed by atoms with Crippen molar-refractivity contribution in [2.45, 2.75) is 89.3 Å². The van der Waals surface area contributed by atoms with Gasteiger partial charge in [-0.05, 0) is 80.1 Å². The Morgan fingerprint density at radius 2 is 1.48 bits per heavy atom. The lowest BCUT2D eigenvalue weighted by Gasteiger charge is -2.32. The summed E-state index contributed by atoms with van der Waals surface area (Å²) >= 11 is 0. The molecule has 0 aromatic heterocycles. The van der Waals surface area contributed by atoms with Gasteiger partial charge in [-0.25, -0.2) is 8.78 Å². The molecule has 0 saturated heterocycles. The largest absolute Gasteiger partial charge is 0.409 e. The molecule has 1 aromatic rings. The lowest BCUT2D eigenvalue weighted by atomic mass is 9.80. The van der Waals surface area contributed by atoms with Crippen LogP contribution < -0.4 is 0 Å². The zero-order valence-electron chi connectivity index (χ0n) is 18.2. The predicted molar refractivity (Wildman–Crippen MR) is 113 cm³/mol. The third kappa shape index (κ3) is 7.30. The molecule has 2 aliphatic carbocycles. The summed E-state index contributed by atoms with van der Waals surface area (Å²) in [6.45, 7) is 3.05. The number of hydrogen-bond donors (Lipinski definition) is 0. The zero-order chi connectivity index (χ0) is 22.4. The summed E-state index contributed by atoms with van der Waals surface area (Å²) in [4.78, 5) is 0. The lowest BCUT2D eigenvalue weighted by Crippen LogP contribution is -2.25. The van der Waals surface area contributed by atoms with Gasteiger partial charge in [0, 0.05) is 18.2 Å². The molecule has 2 aliphatic rings. The quantitative estimate of drug-likeness (QED) is 0.385. The molecule has 6 heteroatoms. The number of hydrogen-bond acceptors (Lipinski definition) is 1. The van der Waals surface area contributed by atoms with Gasteiger partial charge < -0.3 is 4.74 Å². The topological polar surface area (TPSA) is 9.23 Å². The van der Waals surface area contributed by atoms with Gasteiger partial charge >= 0.3 is 6.18 Å². The Labute approximate surface area is 182 Å². The van der Waals surface area contributed by atoms with Crippen molar-refractivity contribution >= 4 is 6.08 Å². The molecular formula is C25H33F5O. The highest BCUT2D eigenvalue weighted by Gasteiger charge is 2.27. The third-order valence-corrected chi connectivity index (χ3v) is 6.92. The van der Waals surface area contributed by atoms with E-state index in [9.17, 15) is 22.0 Å². The van der Waals surface area contributed by atoms with Gasteiger partial charge in [0.2, 0.25) is 0 Å². The van der Waals surface area contributed by atoms with Crippen LogP contribution in [0.15, 0.2) is 18.2 Å². The summed E-state index contributed by atoms with van der Waals surface area (Å²) < 4.78 is 71.5. The van der Waals surface area contributed by atoms with Crippen LogP contribution in [0.3, 0.4) is 0 Å². The maximum Gasteiger partial charge on any atom is 0.409 e. The van der Waals surface area contributed by atoms with Gasteiger partial charge in [0.15, 0.2) is 0 Å². The monoisotopic (exact) mass is 444 g/mol. The second-order valence-electron chi connectivity index (χ2n) is 9.26. The molecular weight excluding hydrogens is 411 g/mol. The van der Waals surface area contributed by atoms with E-state index in [4.69, 9.17) is 4.74 Å². The number of ether oxygens (including phenoxy) is 1. The fourth-order valence-corrected chi connectivity index (χ4v) is 5.11. The molecule has 3 rings (SSSR count). The first-order chi connectivity index (χ1) is 14.7. The van der Waals surface area contributed by atoms with Crippen LogP contribution in [0, 0.1) is 23.5 Å². The Hall–Kier alpha value is -1.43. The molecule has 0 amide bonds. The van der Waals surface area contributed by atoms with Crippen molar-refractivity contribution < 1.29 is 26.7 Å². The van der Waals surface area contributed by atoms with Gasteiger partial charge in [0.25, 0.3) is 0 Å². The number of rotatable bonds is 7. The molecule has 0 bridgehead atoms. The third-order valence-electron chi connectivity index (χ3n) is 6.92. The van der Waals surface area contributed by atoms with Crippen molar-refractivity contribution in [2.75, 3.05) is 6.61 Å². The van der Waals surface area contributed by atoms with Gasteiger partial charge in [-0.2, -0.15) is 13.2 Å². The molecule has 1 nitrogen and oxygen atoms in total. The Kier molecular flexibility index (Phi) is 8.54. The molecule has 0 heterocycles.